The molecule has 0 radical (unpaired) electrons. The third-order valence-corrected chi connectivity index (χ3v) is 4.80. The number of ether oxygens (including phenoxy) is 2. The van der Waals surface area contributed by atoms with Gasteiger partial charge in [0.15, 0.2) is 5.11 Å². The Balaban J connectivity index is 2.03. The van der Waals surface area contributed by atoms with E-state index in [0.29, 0.717) is 17.3 Å². The average Bonchev–Trinajstić information content (AvgIpc) is 3.03. The summed E-state index contributed by atoms with van der Waals surface area (Å²) >= 11 is 6.87. The molecule has 0 aromatic carbocycles. The van der Waals surface area contributed by atoms with Crippen molar-refractivity contribution in [3.8, 4) is 0 Å². The van der Waals surface area contributed by atoms with Crippen molar-refractivity contribution >= 4 is 39.6 Å². The van der Waals surface area contributed by atoms with Crippen LogP contribution in [0.5, 0.6) is 0 Å². The van der Waals surface area contributed by atoms with Crippen LogP contribution in [0, 0.1) is 0 Å². The van der Waals surface area contributed by atoms with Gasteiger partial charge in [-0.1, -0.05) is 0 Å². The third kappa shape index (κ3) is 3.93. The number of hydrogen-bond donors (Lipinski definition) is 2. The van der Waals surface area contributed by atoms with Crippen LogP contribution in [-0.2, 0) is 22.3 Å². The molecular weight excluding hydrogens is 308 g/mol. The molecule has 1 heterocycles. The van der Waals surface area contributed by atoms with Crippen LogP contribution in [0.3, 0.4) is 0 Å². The lowest BCUT2D eigenvalue weighted by molar-refractivity contribution is 0.0601. The molecule has 1 aromatic heterocycles. The molecule has 2 rings (SSSR count). The van der Waals surface area contributed by atoms with Crippen molar-refractivity contribution in [2.75, 3.05) is 32.7 Å². The highest BCUT2D eigenvalue weighted by Gasteiger charge is 2.27. The minimum absolute atomic E-state index is 0.293. The van der Waals surface area contributed by atoms with Crippen LogP contribution in [0.2, 0.25) is 0 Å². The predicted molar refractivity (Wildman–Crippen MR) is 88.4 cm³/mol. The van der Waals surface area contributed by atoms with Gasteiger partial charge in [0.2, 0.25) is 0 Å². The van der Waals surface area contributed by atoms with Gasteiger partial charge in [-0.2, -0.15) is 0 Å². The third-order valence-electron chi connectivity index (χ3n) is 3.35. The maximum absolute atomic E-state index is 12.0. The van der Waals surface area contributed by atoms with E-state index in [1.807, 2.05) is 0 Å². The molecule has 0 amide bonds. The Bertz CT molecular complexity index is 529. The van der Waals surface area contributed by atoms with Crippen molar-refractivity contribution in [1.82, 2.24) is 5.32 Å². The summed E-state index contributed by atoms with van der Waals surface area (Å²) in [5.74, 6) is -0.293. The summed E-state index contributed by atoms with van der Waals surface area (Å²) < 4.78 is 9.89. The molecular formula is C14H20N2O3S2. The molecule has 116 valence electrons. The fraction of sp³-hybridized carbons (Fsp3) is 0.571. The molecule has 5 nitrogen and oxygen atoms in total. The van der Waals surface area contributed by atoms with Crippen molar-refractivity contribution in [1.29, 1.82) is 0 Å². The van der Waals surface area contributed by atoms with Crippen LogP contribution in [0.25, 0.3) is 0 Å². The van der Waals surface area contributed by atoms with Crippen molar-refractivity contribution in [3.63, 3.8) is 0 Å². The molecule has 0 unspecified atom stereocenters. The Morgan fingerprint density at radius 2 is 2.19 bits per heavy atom. The second kappa shape index (κ2) is 7.72. The van der Waals surface area contributed by atoms with E-state index in [2.05, 4.69) is 10.6 Å². The van der Waals surface area contributed by atoms with Crippen LogP contribution >= 0.6 is 23.6 Å². The van der Waals surface area contributed by atoms with Gasteiger partial charge in [-0.05, 0) is 43.5 Å². The zero-order valence-corrected chi connectivity index (χ0v) is 13.9. The summed E-state index contributed by atoms with van der Waals surface area (Å²) in [4.78, 5) is 13.3. The highest BCUT2D eigenvalue weighted by atomic mass is 32.1. The number of aryl methyl sites for hydroxylation is 1. The minimum atomic E-state index is -0.293. The number of esters is 1. The monoisotopic (exact) mass is 328 g/mol. The number of carbonyl (C=O) groups excluding carboxylic acids is 1. The summed E-state index contributed by atoms with van der Waals surface area (Å²) in [5.41, 5.74) is 1.77. The number of anilines is 1. The molecule has 0 atom stereocenters. The first-order valence-corrected chi connectivity index (χ1v) is 8.16. The van der Waals surface area contributed by atoms with Crippen molar-refractivity contribution < 1.29 is 14.3 Å². The van der Waals surface area contributed by atoms with Gasteiger partial charge in [-0.15, -0.1) is 11.3 Å². The van der Waals surface area contributed by atoms with E-state index in [1.54, 1.807) is 18.4 Å². The van der Waals surface area contributed by atoms with Crippen LogP contribution in [0.4, 0.5) is 5.00 Å². The first-order valence-electron chi connectivity index (χ1n) is 6.94. The number of thiophene rings is 1. The number of hydrogen-bond acceptors (Lipinski definition) is 5. The second-order valence-electron chi connectivity index (χ2n) is 4.78. The Morgan fingerprint density at radius 3 is 2.90 bits per heavy atom. The molecule has 0 saturated heterocycles. The minimum Gasteiger partial charge on any atom is -0.465 e. The fourth-order valence-corrected chi connectivity index (χ4v) is 3.93. The van der Waals surface area contributed by atoms with Crippen molar-refractivity contribution in [3.05, 3.63) is 16.0 Å². The number of thiocarbonyl (C=S) groups is 1. The molecule has 21 heavy (non-hydrogen) atoms. The van der Waals surface area contributed by atoms with Gasteiger partial charge in [0.1, 0.15) is 5.00 Å². The predicted octanol–water partition coefficient (Wildman–Crippen LogP) is 2.35. The number of methoxy groups -OCH3 is 2. The van der Waals surface area contributed by atoms with Gasteiger partial charge < -0.3 is 20.1 Å². The Hall–Kier alpha value is -1.18. The Labute approximate surface area is 134 Å². The summed E-state index contributed by atoms with van der Waals surface area (Å²) in [5, 5.41) is 7.55. The Morgan fingerprint density at radius 1 is 1.38 bits per heavy atom. The van der Waals surface area contributed by atoms with Gasteiger partial charge in [0.05, 0.1) is 12.7 Å². The van der Waals surface area contributed by atoms with Gasteiger partial charge in [-0.3, -0.25) is 0 Å². The smallest absolute Gasteiger partial charge is 0.341 e. The molecule has 0 fully saturated rings. The Kier molecular flexibility index (Phi) is 5.96. The maximum Gasteiger partial charge on any atom is 0.341 e. The largest absolute Gasteiger partial charge is 0.465 e. The van der Waals surface area contributed by atoms with E-state index >= 15 is 0 Å². The van der Waals surface area contributed by atoms with Gasteiger partial charge in [0.25, 0.3) is 0 Å². The van der Waals surface area contributed by atoms with Crippen molar-refractivity contribution in [2.45, 2.75) is 25.7 Å². The molecule has 1 aliphatic carbocycles. The number of carbonyl (C=O) groups is 1. The lowest BCUT2D eigenvalue weighted by Gasteiger charge is -2.10. The average molecular weight is 328 g/mol. The number of nitrogens with one attached hydrogen (secondary N) is 2. The highest BCUT2D eigenvalue weighted by molar-refractivity contribution is 7.80. The van der Waals surface area contributed by atoms with Gasteiger partial charge in [0, 0.05) is 25.1 Å². The van der Waals surface area contributed by atoms with E-state index in [0.717, 1.165) is 42.8 Å². The topological polar surface area (TPSA) is 59.6 Å². The molecule has 0 aliphatic heterocycles. The molecule has 1 aromatic rings. The van der Waals surface area contributed by atoms with Gasteiger partial charge in [-0.25, -0.2) is 4.79 Å². The van der Waals surface area contributed by atoms with E-state index in [4.69, 9.17) is 21.7 Å². The standard InChI is InChI=1S/C14H20N2O3S2/c1-18-8-4-7-15-14(20)16-12-11(13(17)19-2)9-5-3-6-10(9)21-12/h3-8H2,1-2H3,(H2,15,16,20). The summed E-state index contributed by atoms with van der Waals surface area (Å²) in [6.07, 6.45) is 3.94. The SMILES string of the molecule is COCCCNC(=S)Nc1sc2c(c1C(=O)OC)CCC2. The van der Waals surface area contributed by atoms with E-state index in [-0.39, 0.29) is 5.97 Å². The fourth-order valence-electron chi connectivity index (χ4n) is 2.38. The summed E-state index contributed by atoms with van der Waals surface area (Å²) in [6, 6.07) is 0. The van der Waals surface area contributed by atoms with Crippen molar-refractivity contribution in [2.24, 2.45) is 0 Å². The second-order valence-corrected chi connectivity index (χ2v) is 6.29. The molecule has 0 bridgehead atoms. The van der Waals surface area contributed by atoms with Crippen LogP contribution in [0.1, 0.15) is 33.6 Å². The number of fused-ring (bicyclic) bond motifs is 1. The summed E-state index contributed by atoms with van der Waals surface area (Å²) in [7, 11) is 3.08. The number of rotatable bonds is 6. The maximum atomic E-state index is 12.0. The molecule has 1 aliphatic rings. The first-order chi connectivity index (χ1) is 10.2. The van der Waals surface area contributed by atoms with Crippen LogP contribution in [-0.4, -0.2) is 38.5 Å². The quantitative estimate of drug-likeness (QED) is 0.475. The lowest BCUT2D eigenvalue weighted by Crippen LogP contribution is -2.30. The van der Waals surface area contributed by atoms with Crippen LogP contribution in [0.15, 0.2) is 0 Å². The summed E-state index contributed by atoms with van der Waals surface area (Å²) in [6.45, 7) is 1.43. The van der Waals surface area contributed by atoms with E-state index in [9.17, 15) is 4.79 Å². The zero-order chi connectivity index (χ0) is 15.2. The van der Waals surface area contributed by atoms with E-state index in [1.165, 1.54) is 12.0 Å². The molecule has 2 N–H and O–H groups in total. The first kappa shape index (κ1) is 16.2. The van der Waals surface area contributed by atoms with Gasteiger partial charge >= 0.3 is 5.97 Å². The van der Waals surface area contributed by atoms with Crippen LogP contribution < -0.4 is 10.6 Å². The molecule has 0 saturated carbocycles. The molecule has 7 heteroatoms. The highest BCUT2D eigenvalue weighted by Crippen LogP contribution is 2.39. The van der Waals surface area contributed by atoms with E-state index < -0.39 is 0 Å². The lowest BCUT2D eigenvalue weighted by atomic mass is 10.1. The zero-order valence-electron chi connectivity index (χ0n) is 12.3. The molecule has 0 spiro atoms. The normalized spacial score (nSPS) is 12.9.